The van der Waals surface area contributed by atoms with Gasteiger partial charge < -0.3 is 15.0 Å². The van der Waals surface area contributed by atoms with Crippen LogP contribution in [0, 0.1) is 0 Å². The third kappa shape index (κ3) is 3.02. The molecule has 2 heterocycles. The lowest BCUT2D eigenvalue weighted by Crippen LogP contribution is -2.25. The Hall–Kier alpha value is -2.12. The molecule has 1 aliphatic rings. The van der Waals surface area contributed by atoms with Gasteiger partial charge in [0.15, 0.2) is 15.2 Å². The van der Waals surface area contributed by atoms with Gasteiger partial charge in [-0.05, 0) is 30.2 Å². The van der Waals surface area contributed by atoms with Crippen molar-refractivity contribution in [1.82, 2.24) is 4.98 Å². The Kier molecular flexibility index (Phi) is 4.23. The summed E-state index contributed by atoms with van der Waals surface area (Å²) in [5, 5.41) is 3.76. The number of fused-ring (bicyclic) bond motifs is 1. The van der Waals surface area contributed by atoms with E-state index in [2.05, 4.69) is 15.0 Å². The van der Waals surface area contributed by atoms with Crippen molar-refractivity contribution in [3.63, 3.8) is 0 Å². The van der Waals surface area contributed by atoms with E-state index in [1.165, 1.54) is 7.11 Å². The number of halogens is 1. The zero-order valence-electron chi connectivity index (χ0n) is 12.6. The van der Waals surface area contributed by atoms with Crippen molar-refractivity contribution in [3.8, 4) is 0 Å². The van der Waals surface area contributed by atoms with Crippen molar-refractivity contribution in [2.24, 2.45) is 0 Å². The van der Waals surface area contributed by atoms with Gasteiger partial charge in [0.2, 0.25) is 5.91 Å². The number of esters is 1. The number of nitrogens with zero attached hydrogens (tertiary/aromatic N) is 2. The van der Waals surface area contributed by atoms with Crippen LogP contribution in [0.1, 0.15) is 22.2 Å². The van der Waals surface area contributed by atoms with E-state index in [4.69, 9.17) is 11.6 Å². The normalized spacial score (nSPS) is 12.9. The monoisotopic (exact) mass is 351 g/mol. The predicted molar refractivity (Wildman–Crippen MR) is 89.9 cm³/mol. The van der Waals surface area contributed by atoms with Gasteiger partial charge in [0.1, 0.15) is 0 Å². The third-order valence-electron chi connectivity index (χ3n) is 3.56. The number of hydrogen-bond donors (Lipinski definition) is 1. The fraction of sp³-hybridized carbons (Fsp3) is 0.267. The van der Waals surface area contributed by atoms with E-state index in [0.29, 0.717) is 11.7 Å². The van der Waals surface area contributed by atoms with Crippen molar-refractivity contribution in [2.75, 3.05) is 23.9 Å². The summed E-state index contributed by atoms with van der Waals surface area (Å²) in [6, 6.07) is 5.75. The lowest BCUT2D eigenvalue weighted by atomic mass is 10.1. The molecule has 0 spiro atoms. The number of ether oxygens (including phenoxy) is 1. The lowest BCUT2D eigenvalue weighted by molar-refractivity contribution is -0.116. The fourth-order valence-electron chi connectivity index (χ4n) is 2.50. The van der Waals surface area contributed by atoms with Crippen LogP contribution in [-0.4, -0.2) is 30.5 Å². The number of amides is 1. The molecule has 0 bridgehead atoms. The molecule has 0 saturated carbocycles. The first-order valence-electron chi connectivity index (χ1n) is 6.92. The molecule has 2 aromatic rings. The van der Waals surface area contributed by atoms with Gasteiger partial charge in [0.25, 0.3) is 0 Å². The minimum absolute atomic E-state index is 0.0406. The number of hydrogen-bond acceptors (Lipinski definition) is 6. The van der Waals surface area contributed by atoms with Gasteiger partial charge in [-0.25, -0.2) is 9.78 Å². The van der Waals surface area contributed by atoms with Gasteiger partial charge in [-0.2, -0.15) is 0 Å². The molecule has 3 rings (SSSR count). The maximum absolute atomic E-state index is 11.6. The maximum Gasteiger partial charge on any atom is 0.351 e. The average molecular weight is 352 g/mol. The van der Waals surface area contributed by atoms with E-state index in [1.54, 1.807) is 11.8 Å². The van der Waals surface area contributed by atoms with Gasteiger partial charge in [0.05, 0.1) is 7.11 Å². The zero-order valence-corrected chi connectivity index (χ0v) is 14.1. The third-order valence-corrected chi connectivity index (χ3v) is 4.90. The molecule has 1 aliphatic heterocycles. The second-order valence-electron chi connectivity index (χ2n) is 5.02. The predicted octanol–water partition coefficient (Wildman–Crippen LogP) is 3.24. The number of nitrogens with one attached hydrogen (secondary N) is 1. The molecule has 6 nitrogen and oxygen atoms in total. The largest absolute Gasteiger partial charge is 0.465 e. The summed E-state index contributed by atoms with van der Waals surface area (Å²) in [6.07, 6.45) is 0.816. The molecule has 0 atom stereocenters. The summed E-state index contributed by atoms with van der Waals surface area (Å²) < 4.78 is 4.66. The zero-order chi connectivity index (χ0) is 16.6. The van der Waals surface area contributed by atoms with Gasteiger partial charge in [-0.3, -0.25) is 4.79 Å². The van der Waals surface area contributed by atoms with Crippen LogP contribution in [0.5, 0.6) is 0 Å². The SMILES string of the molecule is COC(=O)c1sc(Nc2ccc3c(c2)CCN3C(C)=O)nc1Cl. The van der Waals surface area contributed by atoms with Crippen LogP contribution in [0.15, 0.2) is 18.2 Å². The molecule has 0 unspecified atom stereocenters. The van der Waals surface area contributed by atoms with Crippen LogP contribution in [0.25, 0.3) is 0 Å². The molecule has 0 saturated heterocycles. The second kappa shape index (κ2) is 6.17. The highest BCUT2D eigenvalue weighted by Crippen LogP contribution is 2.33. The lowest BCUT2D eigenvalue weighted by Gasteiger charge is -2.14. The van der Waals surface area contributed by atoms with Crippen molar-refractivity contribution in [1.29, 1.82) is 0 Å². The maximum atomic E-state index is 11.6. The van der Waals surface area contributed by atoms with E-state index in [-0.39, 0.29) is 15.9 Å². The Bertz CT molecular complexity index is 790. The molecular formula is C15H14ClN3O3S. The van der Waals surface area contributed by atoms with Crippen molar-refractivity contribution in [2.45, 2.75) is 13.3 Å². The van der Waals surface area contributed by atoms with Crippen molar-refractivity contribution < 1.29 is 14.3 Å². The number of methoxy groups -OCH3 is 1. The van der Waals surface area contributed by atoms with Crippen LogP contribution < -0.4 is 10.2 Å². The summed E-state index contributed by atoms with van der Waals surface area (Å²) in [5.74, 6) is -0.467. The van der Waals surface area contributed by atoms with Crippen molar-refractivity contribution >= 4 is 51.3 Å². The van der Waals surface area contributed by atoms with Crippen LogP contribution in [0.3, 0.4) is 0 Å². The summed E-state index contributed by atoms with van der Waals surface area (Å²) in [7, 11) is 1.30. The molecule has 120 valence electrons. The Morgan fingerprint density at radius 1 is 1.43 bits per heavy atom. The number of aromatic nitrogens is 1. The molecule has 1 N–H and O–H groups in total. The van der Waals surface area contributed by atoms with E-state index in [9.17, 15) is 9.59 Å². The molecule has 0 aliphatic carbocycles. The molecule has 23 heavy (non-hydrogen) atoms. The Morgan fingerprint density at radius 2 is 2.22 bits per heavy atom. The summed E-state index contributed by atoms with van der Waals surface area (Å²) in [5.41, 5.74) is 2.87. The number of benzene rings is 1. The number of anilines is 3. The first-order valence-corrected chi connectivity index (χ1v) is 8.11. The van der Waals surface area contributed by atoms with Crippen LogP contribution >= 0.6 is 22.9 Å². The summed E-state index contributed by atoms with van der Waals surface area (Å²) in [6.45, 7) is 2.26. The summed E-state index contributed by atoms with van der Waals surface area (Å²) >= 11 is 7.08. The van der Waals surface area contributed by atoms with Gasteiger partial charge in [-0.1, -0.05) is 22.9 Å². The Labute approximate surface area is 142 Å². The molecule has 1 amide bonds. The first-order chi connectivity index (χ1) is 11.0. The highest BCUT2D eigenvalue weighted by molar-refractivity contribution is 7.18. The minimum atomic E-state index is -0.508. The molecule has 1 aromatic carbocycles. The Balaban J connectivity index is 1.82. The molecule has 8 heteroatoms. The number of rotatable bonds is 3. The summed E-state index contributed by atoms with van der Waals surface area (Å²) in [4.78, 5) is 29.3. The van der Waals surface area contributed by atoms with E-state index >= 15 is 0 Å². The van der Waals surface area contributed by atoms with Crippen LogP contribution in [0.4, 0.5) is 16.5 Å². The van der Waals surface area contributed by atoms with E-state index in [0.717, 1.165) is 34.7 Å². The smallest absolute Gasteiger partial charge is 0.351 e. The molecular weight excluding hydrogens is 338 g/mol. The quantitative estimate of drug-likeness (QED) is 0.859. The molecule has 0 radical (unpaired) electrons. The van der Waals surface area contributed by atoms with Gasteiger partial charge in [0, 0.05) is 24.8 Å². The average Bonchev–Trinajstić information content (AvgIpc) is 3.09. The topological polar surface area (TPSA) is 71.5 Å². The second-order valence-corrected chi connectivity index (χ2v) is 6.38. The van der Waals surface area contributed by atoms with E-state index in [1.807, 2.05) is 18.2 Å². The van der Waals surface area contributed by atoms with Crippen LogP contribution in [0.2, 0.25) is 5.15 Å². The fourth-order valence-corrected chi connectivity index (χ4v) is 3.63. The number of thiazole rings is 1. The van der Waals surface area contributed by atoms with Crippen molar-refractivity contribution in [3.05, 3.63) is 33.8 Å². The molecule has 0 fully saturated rings. The van der Waals surface area contributed by atoms with Gasteiger partial charge in [-0.15, -0.1) is 0 Å². The minimum Gasteiger partial charge on any atom is -0.465 e. The standard InChI is InChI=1S/C15H14ClN3O3S/c1-8(20)19-6-5-9-7-10(3-4-11(9)19)17-15-18-13(16)12(23-15)14(21)22-2/h3-4,7H,5-6H2,1-2H3,(H,17,18). The van der Waals surface area contributed by atoms with Gasteiger partial charge >= 0.3 is 5.97 Å². The number of carbonyl (C=O) groups excluding carboxylic acids is 2. The first kappa shape index (κ1) is 15.8. The van der Waals surface area contributed by atoms with Crippen LogP contribution in [-0.2, 0) is 16.0 Å². The highest BCUT2D eigenvalue weighted by atomic mass is 35.5. The number of carbonyl (C=O) groups is 2. The molecule has 1 aromatic heterocycles. The Morgan fingerprint density at radius 3 is 2.91 bits per heavy atom. The highest BCUT2D eigenvalue weighted by Gasteiger charge is 2.22. The van der Waals surface area contributed by atoms with E-state index < -0.39 is 5.97 Å².